The Morgan fingerprint density at radius 1 is 0.889 bits per heavy atom. The van der Waals surface area contributed by atoms with E-state index in [0.717, 1.165) is 30.0 Å². The van der Waals surface area contributed by atoms with Crippen LogP contribution in [0.15, 0.2) is 71.4 Å². The molecule has 5 aromatic rings. The summed E-state index contributed by atoms with van der Waals surface area (Å²) >= 11 is 5.96. The number of para-hydroxylation sites is 2. The van der Waals surface area contributed by atoms with Crippen molar-refractivity contribution in [3.05, 3.63) is 77.4 Å². The zero-order chi connectivity index (χ0) is 24.5. The van der Waals surface area contributed by atoms with Crippen LogP contribution in [0.1, 0.15) is 25.0 Å². The molecule has 3 aromatic heterocycles. The third-order valence-electron chi connectivity index (χ3n) is 6.44. The molecule has 0 radical (unpaired) electrons. The van der Waals surface area contributed by atoms with E-state index < -0.39 is 0 Å². The molecular formula is C26H26N8OS. The van der Waals surface area contributed by atoms with Crippen molar-refractivity contribution in [2.24, 2.45) is 0 Å². The van der Waals surface area contributed by atoms with Gasteiger partial charge in [0.05, 0.1) is 24.1 Å². The van der Waals surface area contributed by atoms with Gasteiger partial charge >= 0.3 is 0 Å². The summed E-state index contributed by atoms with van der Waals surface area (Å²) in [4.78, 5) is 3.99. The highest BCUT2D eigenvalue weighted by molar-refractivity contribution is 7.71. The first-order valence-corrected chi connectivity index (χ1v) is 12.5. The number of hydrogen-bond donors (Lipinski definition) is 0. The molecule has 1 fully saturated rings. The van der Waals surface area contributed by atoms with Gasteiger partial charge in [-0.2, -0.15) is 9.90 Å². The van der Waals surface area contributed by atoms with Gasteiger partial charge in [0.15, 0.2) is 5.82 Å². The second kappa shape index (κ2) is 9.63. The van der Waals surface area contributed by atoms with Gasteiger partial charge in [-0.25, -0.2) is 4.68 Å². The molecule has 4 heterocycles. The first-order valence-electron chi connectivity index (χ1n) is 12.1. The summed E-state index contributed by atoms with van der Waals surface area (Å²) in [5.41, 5.74) is 3.73. The van der Waals surface area contributed by atoms with Gasteiger partial charge in [0.1, 0.15) is 17.1 Å². The van der Waals surface area contributed by atoms with Crippen molar-refractivity contribution in [3.8, 4) is 34.2 Å². The van der Waals surface area contributed by atoms with Crippen LogP contribution in [0, 0.1) is 11.7 Å². The molecule has 6 rings (SSSR count). The van der Waals surface area contributed by atoms with Crippen molar-refractivity contribution < 1.29 is 4.52 Å². The van der Waals surface area contributed by atoms with Crippen LogP contribution in [0.5, 0.6) is 0 Å². The lowest BCUT2D eigenvalue weighted by Crippen LogP contribution is -2.32. The summed E-state index contributed by atoms with van der Waals surface area (Å²) in [5, 5.41) is 18.5. The first-order chi connectivity index (χ1) is 17.7. The number of benzene rings is 2. The summed E-state index contributed by atoms with van der Waals surface area (Å²) < 4.78 is 10.2. The first kappa shape index (κ1) is 22.6. The molecule has 0 saturated carbocycles. The highest BCUT2D eigenvalue weighted by Gasteiger charge is 2.26. The SMILES string of the molecule is Cc1onc(-c2cnn(-c3ccccc3)n2)c1-c1nn(CN2CCCCC2)c(=S)n1-c1ccccc1. The minimum Gasteiger partial charge on any atom is -0.360 e. The van der Waals surface area contributed by atoms with Crippen LogP contribution in [0.3, 0.4) is 0 Å². The van der Waals surface area contributed by atoms with Crippen LogP contribution in [-0.4, -0.2) is 52.5 Å². The molecule has 1 aliphatic heterocycles. The molecule has 9 nitrogen and oxygen atoms in total. The average Bonchev–Trinajstić information content (AvgIpc) is 3.63. The molecule has 0 unspecified atom stereocenters. The lowest BCUT2D eigenvalue weighted by atomic mass is 10.1. The van der Waals surface area contributed by atoms with Crippen molar-refractivity contribution >= 4 is 12.2 Å². The van der Waals surface area contributed by atoms with E-state index in [9.17, 15) is 0 Å². The number of nitrogens with zero attached hydrogens (tertiary/aromatic N) is 8. The summed E-state index contributed by atoms with van der Waals surface area (Å²) in [7, 11) is 0. The molecule has 0 bridgehead atoms. The molecule has 1 aliphatic rings. The van der Waals surface area contributed by atoms with Crippen molar-refractivity contribution in [1.82, 2.24) is 39.4 Å². The summed E-state index contributed by atoms with van der Waals surface area (Å²) in [6.45, 7) is 4.63. The Morgan fingerprint density at radius 3 is 2.31 bits per heavy atom. The van der Waals surface area contributed by atoms with Gasteiger partial charge in [-0.1, -0.05) is 48.0 Å². The number of likely N-dealkylation sites (tertiary alicyclic amines) is 1. The summed E-state index contributed by atoms with van der Waals surface area (Å²) in [6.07, 6.45) is 5.37. The second-order valence-corrected chi connectivity index (χ2v) is 9.28. The highest BCUT2D eigenvalue weighted by atomic mass is 32.1. The Balaban J connectivity index is 1.47. The van der Waals surface area contributed by atoms with E-state index in [2.05, 4.69) is 20.3 Å². The minimum absolute atomic E-state index is 0.581. The van der Waals surface area contributed by atoms with Gasteiger partial charge in [-0.3, -0.25) is 9.47 Å². The molecule has 0 atom stereocenters. The van der Waals surface area contributed by atoms with E-state index in [1.807, 2.05) is 76.8 Å². The minimum atomic E-state index is 0.581. The number of aromatic nitrogens is 7. The van der Waals surface area contributed by atoms with E-state index in [1.165, 1.54) is 19.3 Å². The fourth-order valence-corrected chi connectivity index (χ4v) is 4.92. The lowest BCUT2D eigenvalue weighted by Gasteiger charge is -2.25. The molecule has 36 heavy (non-hydrogen) atoms. The van der Waals surface area contributed by atoms with Crippen LogP contribution in [0.25, 0.3) is 34.2 Å². The average molecular weight is 499 g/mol. The Labute approximate surface area is 213 Å². The number of piperidine rings is 1. The van der Waals surface area contributed by atoms with Gasteiger partial charge < -0.3 is 4.52 Å². The van der Waals surface area contributed by atoms with Crippen molar-refractivity contribution in [2.45, 2.75) is 32.9 Å². The van der Waals surface area contributed by atoms with E-state index in [-0.39, 0.29) is 0 Å². The van der Waals surface area contributed by atoms with E-state index in [4.69, 9.17) is 21.8 Å². The van der Waals surface area contributed by atoms with Gasteiger partial charge in [-0.05, 0) is 69.3 Å². The van der Waals surface area contributed by atoms with Crippen LogP contribution in [0.4, 0.5) is 0 Å². The molecule has 1 saturated heterocycles. The number of hydrogen-bond acceptors (Lipinski definition) is 7. The maximum atomic E-state index is 5.96. The van der Waals surface area contributed by atoms with Crippen molar-refractivity contribution in [1.29, 1.82) is 0 Å². The van der Waals surface area contributed by atoms with Crippen LogP contribution in [-0.2, 0) is 6.67 Å². The third-order valence-corrected chi connectivity index (χ3v) is 6.84. The quantitative estimate of drug-likeness (QED) is 0.303. The maximum absolute atomic E-state index is 5.96. The maximum Gasteiger partial charge on any atom is 0.204 e. The monoisotopic (exact) mass is 498 g/mol. The predicted octanol–water partition coefficient (Wildman–Crippen LogP) is 5.06. The molecule has 0 aliphatic carbocycles. The zero-order valence-corrected chi connectivity index (χ0v) is 20.8. The summed E-state index contributed by atoms with van der Waals surface area (Å²) in [5.74, 6) is 1.31. The molecule has 0 N–H and O–H groups in total. The molecule has 10 heteroatoms. The number of aryl methyl sites for hydroxylation is 1. The topological polar surface area (TPSA) is 82.7 Å². The fourth-order valence-electron chi connectivity index (χ4n) is 4.63. The van der Waals surface area contributed by atoms with Gasteiger partial charge in [0.25, 0.3) is 0 Å². The van der Waals surface area contributed by atoms with Crippen LogP contribution >= 0.6 is 12.2 Å². The van der Waals surface area contributed by atoms with E-state index in [1.54, 1.807) is 11.0 Å². The van der Waals surface area contributed by atoms with Crippen molar-refractivity contribution in [2.75, 3.05) is 13.1 Å². The Bertz CT molecular complexity index is 1530. The Hall–Kier alpha value is -3.89. The van der Waals surface area contributed by atoms with Gasteiger partial charge in [0.2, 0.25) is 4.77 Å². The third kappa shape index (κ3) is 4.18. The van der Waals surface area contributed by atoms with Crippen LogP contribution < -0.4 is 0 Å². The highest BCUT2D eigenvalue weighted by Crippen LogP contribution is 2.34. The van der Waals surface area contributed by atoms with Gasteiger partial charge in [0, 0.05) is 5.69 Å². The van der Waals surface area contributed by atoms with Crippen LogP contribution in [0.2, 0.25) is 0 Å². The summed E-state index contributed by atoms with van der Waals surface area (Å²) in [6, 6.07) is 19.8. The Morgan fingerprint density at radius 2 is 1.58 bits per heavy atom. The van der Waals surface area contributed by atoms with Crippen molar-refractivity contribution in [3.63, 3.8) is 0 Å². The molecule has 2 aromatic carbocycles. The molecule has 182 valence electrons. The normalized spacial score (nSPS) is 14.4. The largest absolute Gasteiger partial charge is 0.360 e. The zero-order valence-electron chi connectivity index (χ0n) is 20.0. The predicted molar refractivity (Wildman–Crippen MR) is 138 cm³/mol. The molecule has 0 amide bonds. The fraction of sp³-hybridized carbons (Fsp3) is 0.269. The molecule has 0 spiro atoms. The number of rotatable bonds is 6. The standard InChI is InChI=1S/C26H26N8OS/c1-19-23(24(30-35-19)22-17-27-34(28-22)21-13-7-3-8-14-21)25-29-32(18-31-15-9-4-10-16-31)26(36)33(25)20-11-5-2-6-12-20/h2-3,5-8,11-14,17H,4,9-10,15-16,18H2,1H3. The smallest absolute Gasteiger partial charge is 0.204 e. The second-order valence-electron chi connectivity index (χ2n) is 8.91. The van der Waals surface area contributed by atoms with Gasteiger partial charge in [-0.15, -0.1) is 10.2 Å². The van der Waals surface area contributed by atoms with E-state index >= 15 is 0 Å². The molecular weight excluding hydrogens is 472 g/mol. The van der Waals surface area contributed by atoms with E-state index in [0.29, 0.717) is 34.4 Å². The Kier molecular flexibility index (Phi) is 6.04. The lowest BCUT2D eigenvalue weighted by molar-refractivity contribution is 0.172.